The fourth-order valence-electron chi connectivity index (χ4n) is 0.703. The highest BCUT2D eigenvalue weighted by Gasteiger charge is 2.28. The molecule has 110 valence electrons. The lowest BCUT2D eigenvalue weighted by Crippen LogP contribution is -2.48. The molecule has 9 heteroatoms. The van der Waals surface area contributed by atoms with E-state index in [1.54, 1.807) is 0 Å². The number of hydrogen-bond donors (Lipinski definition) is 8. The Hall–Kier alpha value is -0.810. The van der Waals surface area contributed by atoms with Gasteiger partial charge in [0, 0.05) is 6.54 Å². The Labute approximate surface area is 104 Å². The second-order valence-electron chi connectivity index (χ2n) is 3.55. The summed E-state index contributed by atoms with van der Waals surface area (Å²) in [5.41, 5.74) is 4.99. The smallest absolute Gasteiger partial charge is 0.332 e. The summed E-state index contributed by atoms with van der Waals surface area (Å²) in [5, 5.41) is 59.9. The quantitative estimate of drug-likeness (QED) is 0.237. The number of carboxylic acids is 1. The fourth-order valence-corrected chi connectivity index (χ4v) is 0.703. The van der Waals surface area contributed by atoms with Gasteiger partial charge in [-0.1, -0.05) is 0 Å². The first-order valence-corrected chi connectivity index (χ1v) is 5.13. The minimum absolute atomic E-state index is 0.226. The van der Waals surface area contributed by atoms with Crippen LogP contribution in [0.15, 0.2) is 0 Å². The maximum Gasteiger partial charge on any atom is 0.332 e. The van der Waals surface area contributed by atoms with Gasteiger partial charge >= 0.3 is 5.97 Å². The normalized spacial score (nSPS) is 18.9. The monoisotopic (exact) mass is 271 g/mol. The lowest BCUT2D eigenvalue weighted by atomic mass is 10.0. The Balaban J connectivity index is 0. The van der Waals surface area contributed by atoms with Gasteiger partial charge in [0.1, 0.15) is 24.4 Å². The highest BCUT2D eigenvalue weighted by molar-refractivity contribution is 5.71. The first kappa shape index (κ1) is 19.5. The van der Waals surface area contributed by atoms with Gasteiger partial charge in [-0.05, 0) is 6.92 Å². The summed E-state index contributed by atoms with van der Waals surface area (Å²) in [6.07, 6.45) is -7.14. The molecule has 0 amide bonds. The second kappa shape index (κ2) is 10.1. The zero-order valence-corrected chi connectivity index (χ0v) is 9.92. The van der Waals surface area contributed by atoms with Gasteiger partial charge < -0.3 is 41.5 Å². The predicted molar refractivity (Wildman–Crippen MR) is 59.5 cm³/mol. The Bertz CT molecular complexity index is 211. The molecule has 1 unspecified atom stereocenters. The van der Waals surface area contributed by atoms with Crippen molar-refractivity contribution in [2.75, 3.05) is 13.2 Å². The maximum absolute atomic E-state index is 9.45. The summed E-state index contributed by atoms with van der Waals surface area (Å²) >= 11 is 0. The van der Waals surface area contributed by atoms with Crippen molar-refractivity contribution in [3.8, 4) is 0 Å². The van der Waals surface area contributed by atoms with Crippen LogP contribution < -0.4 is 5.73 Å². The third-order valence-electron chi connectivity index (χ3n) is 1.92. The highest BCUT2D eigenvalue weighted by Crippen LogP contribution is 2.03. The van der Waals surface area contributed by atoms with E-state index in [0.29, 0.717) is 0 Å². The Morgan fingerprint density at radius 1 is 1.06 bits per heavy atom. The summed E-state index contributed by atoms with van der Waals surface area (Å²) < 4.78 is 0. The van der Waals surface area contributed by atoms with Crippen molar-refractivity contribution in [3.63, 3.8) is 0 Å². The number of aliphatic hydroxyl groups is 6. The van der Waals surface area contributed by atoms with Gasteiger partial charge in [-0.15, -0.1) is 0 Å². The largest absolute Gasteiger partial charge is 0.479 e. The molecule has 0 aromatic carbocycles. The average molecular weight is 271 g/mol. The van der Waals surface area contributed by atoms with Gasteiger partial charge in [0.05, 0.1) is 12.7 Å². The van der Waals surface area contributed by atoms with Gasteiger partial charge in [-0.25, -0.2) is 4.79 Å². The van der Waals surface area contributed by atoms with Crippen LogP contribution in [-0.2, 0) is 4.79 Å². The van der Waals surface area contributed by atoms with E-state index in [1.165, 1.54) is 6.92 Å². The van der Waals surface area contributed by atoms with E-state index in [4.69, 9.17) is 41.5 Å². The minimum atomic E-state index is -1.59. The van der Waals surface area contributed by atoms with Crippen molar-refractivity contribution >= 4 is 5.97 Å². The van der Waals surface area contributed by atoms with Crippen LogP contribution in [-0.4, -0.2) is 85.4 Å². The molecular formula is C9H21NO8. The number of nitrogens with two attached hydrogens (primary N) is 1. The number of aliphatic hydroxyl groups excluding tert-OH is 6. The molecule has 9 N–H and O–H groups in total. The topological polar surface area (TPSA) is 185 Å². The second-order valence-corrected chi connectivity index (χ2v) is 3.55. The first-order chi connectivity index (χ1) is 8.18. The van der Waals surface area contributed by atoms with Crippen LogP contribution in [0.3, 0.4) is 0 Å². The van der Waals surface area contributed by atoms with Gasteiger partial charge in [-0.2, -0.15) is 0 Å². The lowest BCUT2D eigenvalue weighted by molar-refractivity contribution is -0.145. The predicted octanol–water partition coefficient (Wildman–Crippen LogP) is -4.17. The van der Waals surface area contributed by atoms with Crippen LogP contribution in [0.5, 0.6) is 0 Å². The molecule has 9 nitrogen and oxygen atoms in total. The average Bonchev–Trinajstić information content (AvgIpc) is 2.35. The number of carbonyl (C=O) groups is 1. The molecule has 0 saturated heterocycles. The zero-order valence-electron chi connectivity index (χ0n) is 9.92. The molecule has 0 bridgehead atoms. The molecule has 0 fully saturated rings. The van der Waals surface area contributed by atoms with Crippen LogP contribution in [0.1, 0.15) is 6.92 Å². The first-order valence-electron chi connectivity index (χ1n) is 5.13. The van der Waals surface area contributed by atoms with Crippen molar-refractivity contribution < 1.29 is 40.5 Å². The molecule has 18 heavy (non-hydrogen) atoms. The van der Waals surface area contributed by atoms with Crippen LogP contribution in [0.25, 0.3) is 0 Å². The highest BCUT2D eigenvalue weighted by atomic mass is 16.4. The molecule has 5 atom stereocenters. The van der Waals surface area contributed by atoms with Crippen LogP contribution in [0.4, 0.5) is 0 Å². The molecular weight excluding hydrogens is 250 g/mol. The Morgan fingerprint density at radius 2 is 1.39 bits per heavy atom. The van der Waals surface area contributed by atoms with Crippen LogP contribution in [0, 0.1) is 0 Å². The summed E-state index contributed by atoms with van der Waals surface area (Å²) in [6, 6.07) is 0. The third kappa shape index (κ3) is 8.31. The maximum atomic E-state index is 9.45. The molecule has 0 aliphatic heterocycles. The standard InChI is InChI=1S/C6H15NO5.C3H6O3/c7-1-3(9)5(11)6(12)4(10)2-8;1-2(4)3(5)6/h3-6,8-12H,1-2,7H2;2,4H,1H3,(H,5,6)/t3-,4+,5+,6+;/m0./s1. The van der Waals surface area contributed by atoms with Crippen molar-refractivity contribution in [3.05, 3.63) is 0 Å². The molecule has 0 saturated carbocycles. The van der Waals surface area contributed by atoms with E-state index in [9.17, 15) is 4.79 Å². The summed E-state index contributed by atoms with van der Waals surface area (Å²) in [5.74, 6) is -1.19. The van der Waals surface area contributed by atoms with Gasteiger partial charge in [-0.3, -0.25) is 0 Å². The number of aliphatic carboxylic acids is 1. The van der Waals surface area contributed by atoms with E-state index in [0.717, 1.165) is 0 Å². The van der Waals surface area contributed by atoms with E-state index in [-0.39, 0.29) is 6.54 Å². The molecule has 0 aromatic heterocycles. The fraction of sp³-hybridized carbons (Fsp3) is 0.889. The van der Waals surface area contributed by atoms with E-state index >= 15 is 0 Å². The molecule has 0 aliphatic rings. The van der Waals surface area contributed by atoms with Gasteiger partial charge in [0.15, 0.2) is 0 Å². The van der Waals surface area contributed by atoms with E-state index in [1.807, 2.05) is 0 Å². The minimum Gasteiger partial charge on any atom is -0.479 e. The lowest BCUT2D eigenvalue weighted by Gasteiger charge is -2.24. The summed E-state index contributed by atoms with van der Waals surface area (Å²) in [6.45, 7) is 0.286. The van der Waals surface area contributed by atoms with E-state index < -0.39 is 43.1 Å². The molecule has 0 rings (SSSR count). The molecule has 0 radical (unpaired) electrons. The zero-order chi connectivity index (χ0) is 14.9. The van der Waals surface area contributed by atoms with Crippen LogP contribution in [0.2, 0.25) is 0 Å². The molecule has 0 spiro atoms. The van der Waals surface area contributed by atoms with Crippen LogP contribution >= 0.6 is 0 Å². The third-order valence-corrected chi connectivity index (χ3v) is 1.92. The Morgan fingerprint density at radius 3 is 1.61 bits per heavy atom. The molecule has 0 heterocycles. The number of carboxylic acid groups (broad SMARTS) is 1. The SMILES string of the molecule is CC(O)C(=O)O.NC[C@H](O)[C@@H](O)[C@H](O)[C@H](O)CO. The van der Waals surface area contributed by atoms with Crippen molar-refractivity contribution in [2.45, 2.75) is 37.4 Å². The Kier molecular flexibility index (Phi) is 11.0. The summed E-state index contributed by atoms with van der Waals surface area (Å²) in [4.78, 5) is 9.45. The van der Waals surface area contributed by atoms with Gasteiger partial charge in [0.25, 0.3) is 0 Å². The van der Waals surface area contributed by atoms with Crippen molar-refractivity contribution in [1.82, 2.24) is 0 Å². The molecule has 0 aromatic rings. The number of rotatable bonds is 6. The van der Waals surface area contributed by atoms with Crippen molar-refractivity contribution in [1.29, 1.82) is 0 Å². The number of hydrogen-bond acceptors (Lipinski definition) is 8. The molecule has 0 aliphatic carbocycles. The van der Waals surface area contributed by atoms with Gasteiger partial charge in [0.2, 0.25) is 0 Å². The van der Waals surface area contributed by atoms with Crippen molar-refractivity contribution in [2.24, 2.45) is 5.73 Å². The van der Waals surface area contributed by atoms with E-state index in [2.05, 4.69) is 0 Å². The summed E-state index contributed by atoms with van der Waals surface area (Å²) in [7, 11) is 0.